The molecule has 0 atom stereocenters. The van der Waals surface area contributed by atoms with Crippen molar-refractivity contribution in [2.24, 2.45) is 4.99 Å². The van der Waals surface area contributed by atoms with Crippen LogP contribution in [0.2, 0.25) is 0 Å². The van der Waals surface area contributed by atoms with E-state index in [1.165, 1.54) is 17.4 Å². The summed E-state index contributed by atoms with van der Waals surface area (Å²) in [6.45, 7) is 0.301. The van der Waals surface area contributed by atoms with Crippen molar-refractivity contribution in [1.82, 2.24) is 4.57 Å². The zero-order valence-corrected chi connectivity index (χ0v) is 13.3. The third kappa shape index (κ3) is 3.47. The quantitative estimate of drug-likeness (QED) is 0.736. The maximum atomic E-state index is 13.8. The molecule has 1 aromatic heterocycles. The van der Waals surface area contributed by atoms with Gasteiger partial charge in [-0.2, -0.15) is 10.3 Å². The minimum atomic E-state index is -0.399. The van der Waals surface area contributed by atoms with Crippen LogP contribution in [0.5, 0.6) is 0 Å². The summed E-state index contributed by atoms with van der Waals surface area (Å²) in [5.74, 6) is -0.690. The number of carbonyl (C=O) groups excluding carboxylic acids is 1. The van der Waals surface area contributed by atoms with Crippen LogP contribution in [0.25, 0.3) is 0 Å². The Balaban J connectivity index is 1.88. The van der Waals surface area contributed by atoms with E-state index < -0.39 is 5.91 Å². The largest absolute Gasteiger partial charge is 0.319 e. The van der Waals surface area contributed by atoms with Crippen LogP contribution in [0.15, 0.2) is 65.1 Å². The molecule has 0 N–H and O–H groups in total. The van der Waals surface area contributed by atoms with Crippen molar-refractivity contribution in [2.45, 2.75) is 6.54 Å². The second kappa shape index (κ2) is 7.02. The number of rotatable bonds is 3. The van der Waals surface area contributed by atoms with Crippen LogP contribution < -0.4 is 4.80 Å². The van der Waals surface area contributed by atoms with E-state index in [4.69, 9.17) is 5.26 Å². The first kappa shape index (κ1) is 15.8. The summed E-state index contributed by atoms with van der Waals surface area (Å²) in [6, 6.07) is 14.8. The summed E-state index contributed by atoms with van der Waals surface area (Å²) in [5, 5.41) is 10.6. The van der Waals surface area contributed by atoms with Crippen molar-refractivity contribution in [2.75, 3.05) is 0 Å². The molecular formula is C18H12FN3OS. The molecule has 0 aliphatic rings. The normalized spacial score (nSPS) is 11.2. The monoisotopic (exact) mass is 337 g/mol. The topological polar surface area (TPSA) is 58.1 Å². The Morgan fingerprint density at radius 3 is 2.67 bits per heavy atom. The van der Waals surface area contributed by atoms with E-state index in [0.717, 1.165) is 0 Å². The van der Waals surface area contributed by atoms with Gasteiger partial charge < -0.3 is 4.57 Å². The zero-order chi connectivity index (χ0) is 16.9. The first-order chi connectivity index (χ1) is 11.7. The fraction of sp³-hybridized carbons (Fsp3) is 0.0556. The fourth-order valence-electron chi connectivity index (χ4n) is 2.16. The maximum Gasteiger partial charge on any atom is 0.279 e. The number of hydrogen-bond donors (Lipinski definition) is 0. The van der Waals surface area contributed by atoms with E-state index in [0.29, 0.717) is 28.0 Å². The number of aromatic nitrogens is 1. The van der Waals surface area contributed by atoms with Crippen LogP contribution in [0.4, 0.5) is 4.39 Å². The van der Waals surface area contributed by atoms with Gasteiger partial charge in [0.1, 0.15) is 5.82 Å². The van der Waals surface area contributed by atoms with Crippen LogP contribution in [0, 0.1) is 17.1 Å². The van der Waals surface area contributed by atoms with Gasteiger partial charge in [0.05, 0.1) is 18.2 Å². The molecule has 4 nitrogen and oxygen atoms in total. The molecule has 1 amide bonds. The molecule has 0 aliphatic carbocycles. The summed E-state index contributed by atoms with van der Waals surface area (Å²) in [6.07, 6.45) is 1.77. The Bertz CT molecular complexity index is 980. The van der Waals surface area contributed by atoms with E-state index in [9.17, 15) is 9.18 Å². The zero-order valence-electron chi connectivity index (χ0n) is 12.5. The lowest BCUT2D eigenvalue weighted by molar-refractivity contribution is 0.0998. The van der Waals surface area contributed by atoms with E-state index in [2.05, 4.69) is 4.99 Å². The van der Waals surface area contributed by atoms with Crippen LogP contribution in [0.3, 0.4) is 0 Å². The molecule has 0 saturated heterocycles. The smallest absolute Gasteiger partial charge is 0.279 e. The molecule has 0 spiro atoms. The molecule has 24 heavy (non-hydrogen) atoms. The first-order valence-electron chi connectivity index (χ1n) is 7.14. The predicted molar refractivity (Wildman–Crippen MR) is 88.9 cm³/mol. The summed E-state index contributed by atoms with van der Waals surface area (Å²) < 4.78 is 15.5. The van der Waals surface area contributed by atoms with Gasteiger partial charge in [0.2, 0.25) is 0 Å². The molecule has 0 bridgehead atoms. The van der Waals surface area contributed by atoms with Crippen molar-refractivity contribution in [1.29, 1.82) is 5.26 Å². The standard InChI is InChI=1S/C18H12FN3OS/c19-16-4-2-1-3-15(16)12-22-9-10-24-18(22)21-17(23)14-7-5-13(11-20)6-8-14/h1-10H,12H2. The molecule has 0 saturated carbocycles. The minimum absolute atomic E-state index is 0.291. The molecule has 0 aliphatic heterocycles. The number of benzene rings is 2. The second-order valence-electron chi connectivity index (χ2n) is 5.01. The molecule has 0 unspecified atom stereocenters. The fourth-order valence-corrected chi connectivity index (χ4v) is 2.88. The number of halogens is 1. The van der Waals surface area contributed by atoms with Gasteiger partial charge in [-0.25, -0.2) is 4.39 Å². The third-order valence-corrected chi connectivity index (χ3v) is 4.21. The molecule has 0 radical (unpaired) electrons. The van der Waals surface area contributed by atoms with Gasteiger partial charge in [-0.3, -0.25) is 4.79 Å². The van der Waals surface area contributed by atoms with Crippen molar-refractivity contribution in [3.05, 3.63) is 87.4 Å². The molecule has 0 fully saturated rings. The molecular weight excluding hydrogens is 325 g/mol. The SMILES string of the molecule is N#Cc1ccc(C(=O)N=c2sccn2Cc2ccccc2F)cc1. The van der Waals surface area contributed by atoms with Crippen molar-refractivity contribution in [3.8, 4) is 6.07 Å². The van der Waals surface area contributed by atoms with Gasteiger partial charge in [-0.05, 0) is 30.3 Å². The number of nitriles is 1. The lowest BCUT2D eigenvalue weighted by Crippen LogP contribution is -2.17. The number of hydrogen-bond acceptors (Lipinski definition) is 3. The van der Waals surface area contributed by atoms with Crippen LogP contribution in [0.1, 0.15) is 21.5 Å². The number of thiazole rings is 1. The van der Waals surface area contributed by atoms with Gasteiger partial charge in [-0.15, -0.1) is 11.3 Å². The maximum absolute atomic E-state index is 13.8. The number of amides is 1. The Morgan fingerprint density at radius 1 is 1.21 bits per heavy atom. The van der Waals surface area contributed by atoms with Crippen LogP contribution in [-0.4, -0.2) is 10.5 Å². The highest BCUT2D eigenvalue weighted by atomic mass is 32.1. The van der Waals surface area contributed by atoms with Crippen LogP contribution in [-0.2, 0) is 6.54 Å². The predicted octanol–water partition coefficient (Wildman–Crippen LogP) is 3.35. The lowest BCUT2D eigenvalue weighted by Gasteiger charge is -2.04. The molecule has 118 valence electrons. The second-order valence-corrected chi connectivity index (χ2v) is 5.88. The highest BCUT2D eigenvalue weighted by Crippen LogP contribution is 2.09. The van der Waals surface area contributed by atoms with Gasteiger partial charge in [-0.1, -0.05) is 18.2 Å². The van der Waals surface area contributed by atoms with Gasteiger partial charge in [0, 0.05) is 22.7 Å². The molecule has 6 heteroatoms. The number of nitrogens with zero attached hydrogens (tertiary/aromatic N) is 3. The van der Waals surface area contributed by atoms with E-state index in [1.807, 2.05) is 6.07 Å². The Labute approximate surface area is 141 Å². The van der Waals surface area contributed by atoms with E-state index >= 15 is 0 Å². The van der Waals surface area contributed by atoms with Crippen molar-refractivity contribution >= 4 is 17.2 Å². The van der Waals surface area contributed by atoms with Crippen molar-refractivity contribution < 1.29 is 9.18 Å². The summed E-state index contributed by atoms with van der Waals surface area (Å²) in [4.78, 5) is 16.9. The summed E-state index contributed by atoms with van der Waals surface area (Å²) in [5.41, 5.74) is 1.42. The van der Waals surface area contributed by atoms with Crippen LogP contribution >= 0.6 is 11.3 Å². The Kier molecular flexibility index (Phi) is 4.64. The highest BCUT2D eigenvalue weighted by molar-refractivity contribution is 7.07. The Hall–Kier alpha value is -3.04. The Morgan fingerprint density at radius 2 is 1.96 bits per heavy atom. The minimum Gasteiger partial charge on any atom is -0.319 e. The molecule has 3 aromatic rings. The lowest BCUT2D eigenvalue weighted by atomic mass is 10.1. The average molecular weight is 337 g/mol. The molecule has 2 aromatic carbocycles. The molecule has 1 heterocycles. The third-order valence-electron chi connectivity index (χ3n) is 3.42. The summed E-state index contributed by atoms with van der Waals surface area (Å²) >= 11 is 1.31. The van der Waals surface area contributed by atoms with Gasteiger partial charge in [0.15, 0.2) is 4.80 Å². The van der Waals surface area contributed by atoms with E-state index in [-0.39, 0.29) is 5.82 Å². The average Bonchev–Trinajstić information content (AvgIpc) is 3.04. The highest BCUT2D eigenvalue weighted by Gasteiger charge is 2.07. The van der Waals surface area contributed by atoms with E-state index in [1.54, 1.807) is 58.6 Å². The van der Waals surface area contributed by atoms with Crippen molar-refractivity contribution in [3.63, 3.8) is 0 Å². The van der Waals surface area contributed by atoms with Gasteiger partial charge in [0.25, 0.3) is 5.91 Å². The number of carbonyl (C=O) groups is 1. The van der Waals surface area contributed by atoms with Gasteiger partial charge >= 0.3 is 0 Å². The first-order valence-corrected chi connectivity index (χ1v) is 8.02. The summed E-state index contributed by atoms with van der Waals surface area (Å²) in [7, 11) is 0. The molecule has 3 rings (SSSR count).